The lowest BCUT2D eigenvalue weighted by Crippen LogP contribution is -2.57. The van der Waals surface area contributed by atoms with E-state index in [2.05, 4.69) is 27.2 Å². The average molecular weight is 529 g/mol. The second kappa shape index (κ2) is 11.0. The first-order chi connectivity index (χ1) is 19.0. The van der Waals surface area contributed by atoms with Gasteiger partial charge in [0.15, 0.2) is 6.29 Å². The summed E-state index contributed by atoms with van der Waals surface area (Å²) in [6, 6.07) is 25.8. The number of nitrogen functional groups attached to an aromatic ring is 1. The minimum atomic E-state index is -0.528. The van der Waals surface area contributed by atoms with Gasteiger partial charge in [0.2, 0.25) is 5.91 Å². The number of benzene rings is 3. The van der Waals surface area contributed by atoms with Crippen LogP contribution in [0.5, 0.6) is 0 Å². The smallest absolute Gasteiger partial charge is 0.247 e. The molecule has 8 heteroatoms. The van der Waals surface area contributed by atoms with Crippen LogP contribution in [0.25, 0.3) is 0 Å². The van der Waals surface area contributed by atoms with Crippen molar-refractivity contribution in [2.24, 2.45) is 0 Å². The SMILES string of the molecule is Nc1cccc(C2OC(CN3CCC4(CC3)C(=O)NCN4c3ccccc3)CC(c3ccc(CO)cc3)O2)c1. The van der Waals surface area contributed by atoms with E-state index in [1.54, 1.807) is 0 Å². The third-order valence-corrected chi connectivity index (χ3v) is 8.35. The number of aliphatic hydroxyl groups excluding tert-OH is 1. The largest absolute Gasteiger partial charge is 0.399 e. The van der Waals surface area contributed by atoms with Crippen LogP contribution in [0.3, 0.4) is 0 Å². The number of carbonyl (C=O) groups is 1. The standard InChI is InChI=1S/C31H36N4O4/c32-25-6-4-5-24(17-25)29-38-27(18-28(39-29)23-11-9-22(20-36)10-12-23)19-34-15-13-31(14-16-34)30(37)33-21-35(31)26-7-2-1-3-8-26/h1-12,17,27-29,36H,13-16,18-21,32H2,(H,33,37). The minimum absolute atomic E-state index is 0.0135. The first kappa shape index (κ1) is 25.8. The maximum absolute atomic E-state index is 13.1. The molecule has 3 aliphatic heterocycles. The Morgan fingerprint density at radius 2 is 1.72 bits per heavy atom. The monoisotopic (exact) mass is 528 g/mol. The third kappa shape index (κ3) is 5.25. The summed E-state index contributed by atoms with van der Waals surface area (Å²) in [5, 5.41) is 12.5. The highest BCUT2D eigenvalue weighted by Crippen LogP contribution is 2.40. The lowest BCUT2D eigenvalue weighted by Gasteiger charge is -2.45. The highest BCUT2D eigenvalue weighted by Gasteiger charge is 2.50. The molecular formula is C31H36N4O4. The van der Waals surface area contributed by atoms with Crippen LogP contribution in [-0.2, 0) is 20.9 Å². The Bertz CT molecular complexity index is 1280. The molecule has 0 aromatic heterocycles. The zero-order valence-corrected chi connectivity index (χ0v) is 22.0. The highest BCUT2D eigenvalue weighted by atomic mass is 16.7. The summed E-state index contributed by atoms with van der Waals surface area (Å²) < 4.78 is 12.9. The predicted molar refractivity (Wildman–Crippen MR) is 150 cm³/mol. The molecule has 3 fully saturated rings. The molecule has 204 valence electrons. The maximum atomic E-state index is 13.1. The van der Waals surface area contributed by atoms with E-state index in [0.717, 1.165) is 61.3 Å². The first-order valence-corrected chi connectivity index (χ1v) is 13.7. The van der Waals surface area contributed by atoms with Gasteiger partial charge in [-0.05, 0) is 48.2 Å². The molecule has 3 aromatic carbocycles. The van der Waals surface area contributed by atoms with E-state index >= 15 is 0 Å². The van der Waals surface area contributed by atoms with Gasteiger partial charge in [0.05, 0.1) is 25.5 Å². The van der Waals surface area contributed by atoms with Gasteiger partial charge in [-0.1, -0.05) is 54.6 Å². The summed E-state index contributed by atoms with van der Waals surface area (Å²) in [6.07, 6.45) is 1.52. The molecular weight excluding hydrogens is 492 g/mol. The van der Waals surface area contributed by atoms with Crippen molar-refractivity contribution in [3.05, 3.63) is 95.6 Å². The van der Waals surface area contributed by atoms with Crippen LogP contribution in [-0.4, -0.2) is 53.9 Å². The van der Waals surface area contributed by atoms with Crippen LogP contribution in [0.1, 0.15) is 48.3 Å². The van der Waals surface area contributed by atoms with Crippen molar-refractivity contribution in [3.63, 3.8) is 0 Å². The van der Waals surface area contributed by atoms with Gasteiger partial charge < -0.3 is 35.4 Å². The Hall–Kier alpha value is -3.43. The molecule has 3 atom stereocenters. The molecule has 0 saturated carbocycles. The van der Waals surface area contributed by atoms with Gasteiger partial charge in [0, 0.05) is 43.0 Å². The Morgan fingerprint density at radius 3 is 2.44 bits per heavy atom. The average Bonchev–Trinajstić information content (AvgIpc) is 3.29. The molecule has 1 amide bonds. The predicted octanol–water partition coefficient (Wildman–Crippen LogP) is 3.74. The second-order valence-electron chi connectivity index (χ2n) is 10.8. The summed E-state index contributed by atoms with van der Waals surface area (Å²) in [5.74, 6) is 0.126. The molecule has 0 aliphatic carbocycles. The van der Waals surface area contributed by atoms with Crippen molar-refractivity contribution in [2.75, 3.05) is 36.9 Å². The fourth-order valence-corrected chi connectivity index (χ4v) is 6.16. The third-order valence-electron chi connectivity index (χ3n) is 8.35. The van der Waals surface area contributed by atoms with Crippen molar-refractivity contribution >= 4 is 17.3 Å². The summed E-state index contributed by atoms with van der Waals surface area (Å²) in [6.45, 7) is 2.95. The fraction of sp³-hybridized carbons (Fsp3) is 0.387. The van der Waals surface area contributed by atoms with E-state index in [0.29, 0.717) is 12.4 Å². The highest BCUT2D eigenvalue weighted by molar-refractivity contribution is 5.93. The quantitative estimate of drug-likeness (QED) is 0.419. The van der Waals surface area contributed by atoms with E-state index < -0.39 is 11.8 Å². The van der Waals surface area contributed by atoms with Crippen molar-refractivity contribution < 1.29 is 19.4 Å². The number of aliphatic hydroxyl groups is 1. The fourth-order valence-electron chi connectivity index (χ4n) is 6.16. The van der Waals surface area contributed by atoms with Crippen molar-refractivity contribution in [1.29, 1.82) is 0 Å². The molecule has 3 aliphatic rings. The topological polar surface area (TPSA) is 100 Å². The van der Waals surface area contributed by atoms with Crippen molar-refractivity contribution in [2.45, 2.75) is 49.9 Å². The molecule has 39 heavy (non-hydrogen) atoms. The number of hydrogen-bond donors (Lipinski definition) is 3. The van der Waals surface area contributed by atoms with Gasteiger partial charge in [-0.3, -0.25) is 4.79 Å². The molecule has 1 spiro atoms. The number of nitrogens with two attached hydrogens (primary N) is 1. The summed E-state index contributed by atoms with van der Waals surface area (Å²) in [4.78, 5) is 17.7. The van der Waals surface area contributed by atoms with Gasteiger partial charge in [-0.25, -0.2) is 0 Å². The van der Waals surface area contributed by atoms with Crippen LogP contribution in [0.15, 0.2) is 78.9 Å². The molecule has 0 radical (unpaired) electrons. The zero-order chi connectivity index (χ0) is 26.8. The molecule has 3 unspecified atom stereocenters. The summed E-state index contributed by atoms with van der Waals surface area (Å²) >= 11 is 0. The number of amides is 1. The summed E-state index contributed by atoms with van der Waals surface area (Å²) in [5.41, 5.74) is 10.2. The van der Waals surface area contributed by atoms with Gasteiger partial charge in [0.25, 0.3) is 0 Å². The molecule has 6 rings (SSSR count). The van der Waals surface area contributed by atoms with E-state index in [1.165, 1.54) is 0 Å². The number of nitrogens with one attached hydrogen (secondary N) is 1. The van der Waals surface area contributed by atoms with Crippen LogP contribution >= 0.6 is 0 Å². The molecule has 3 aromatic rings. The number of piperidine rings is 1. The molecule has 3 heterocycles. The van der Waals surface area contributed by atoms with E-state index in [4.69, 9.17) is 15.2 Å². The normalized spacial score (nSPS) is 25.1. The number of rotatable bonds is 6. The molecule has 0 bridgehead atoms. The van der Waals surface area contributed by atoms with Crippen molar-refractivity contribution in [3.8, 4) is 0 Å². The second-order valence-corrected chi connectivity index (χ2v) is 10.8. The van der Waals surface area contributed by atoms with Gasteiger partial charge >= 0.3 is 0 Å². The Kier molecular flexibility index (Phi) is 7.27. The number of carbonyl (C=O) groups excluding carboxylic acids is 1. The molecule has 8 nitrogen and oxygen atoms in total. The Balaban J connectivity index is 1.17. The lowest BCUT2D eigenvalue weighted by atomic mass is 9.85. The van der Waals surface area contributed by atoms with Crippen LogP contribution in [0.2, 0.25) is 0 Å². The lowest BCUT2D eigenvalue weighted by molar-refractivity contribution is -0.253. The summed E-state index contributed by atoms with van der Waals surface area (Å²) in [7, 11) is 0. The zero-order valence-electron chi connectivity index (χ0n) is 22.0. The van der Waals surface area contributed by atoms with Crippen LogP contribution < -0.4 is 16.0 Å². The molecule has 4 N–H and O–H groups in total. The number of nitrogens with zero attached hydrogens (tertiary/aromatic N) is 2. The molecule has 3 saturated heterocycles. The number of anilines is 2. The number of para-hydroxylation sites is 1. The van der Waals surface area contributed by atoms with Gasteiger partial charge in [-0.15, -0.1) is 0 Å². The number of likely N-dealkylation sites (tertiary alicyclic amines) is 1. The van der Waals surface area contributed by atoms with Crippen LogP contribution in [0.4, 0.5) is 11.4 Å². The van der Waals surface area contributed by atoms with Gasteiger partial charge in [-0.2, -0.15) is 0 Å². The van der Waals surface area contributed by atoms with E-state index in [9.17, 15) is 9.90 Å². The number of hydrogen-bond acceptors (Lipinski definition) is 7. The first-order valence-electron chi connectivity index (χ1n) is 13.7. The number of ether oxygens (including phenoxy) is 2. The minimum Gasteiger partial charge on any atom is -0.399 e. The van der Waals surface area contributed by atoms with E-state index in [-0.39, 0.29) is 24.7 Å². The van der Waals surface area contributed by atoms with Gasteiger partial charge in [0.1, 0.15) is 5.54 Å². The Labute approximate surface area is 229 Å². The van der Waals surface area contributed by atoms with Crippen LogP contribution in [0, 0.1) is 0 Å². The maximum Gasteiger partial charge on any atom is 0.247 e. The van der Waals surface area contributed by atoms with Crippen molar-refractivity contribution in [1.82, 2.24) is 10.2 Å². The Morgan fingerprint density at radius 1 is 0.949 bits per heavy atom. The van der Waals surface area contributed by atoms with E-state index in [1.807, 2.05) is 66.7 Å².